The minimum absolute atomic E-state index is 0.542. The molecule has 0 fully saturated rings. The molecule has 3 rings (SSSR count). The summed E-state index contributed by atoms with van der Waals surface area (Å²) in [6.45, 7) is 2.03. The summed E-state index contributed by atoms with van der Waals surface area (Å²) in [6.07, 6.45) is 1.80. The van der Waals surface area contributed by atoms with Crippen LogP contribution >= 0.6 is 0 Å². The summed E-state index contributed by atoms with van der Waals surface area (Å²) >= 11 is 0. The number of nitrogens with two attached hydrogens (primary N) is 1. The molecule has 0 bridgehead atoms. The molecule has 3 nitrogen and oxygen atoms in total. The number of hydrogen-bond donors (Lipinski definition) is 1. The molecule has 0 amide bonds. The maximum atomic E-state index is 5.78. The highest BCUT2D eigenvalue weighted by Crippen LogP contribution is 2.27. The normalized spacial score (nSPS) is 10.3. The zero-order chi connectivity index (χ0) is 14.7. The number of aryl methyl sites for hydroxylation is 1. The van der Waals surface area contributed by atoms with Gasteiger partial charge in [0.25, 0.3) is 0 Å². The third-order valence-electron chi connectivity index (χ3n) is 3.28. The Hall–Kier alpha value is -2.81. The van der Waals surface area contributed by atoms with E-state index in [-0.39, 0.29) is 0 Å². The first-order chi connectivity index (χ1) is 10.2. The van der Waals surface area contributed by atoms with Crippen LogP contribution in [0.15, 0.2) is 66.9 Å². The van der Waals surface area contributed by atoms with Gasteiger partial charge in [-0.1, -0.05) is 30.3 Å². The Balaban J connectivity index is 1.84. The second-order valence-corrected chi connectivity index (χ2v) is 4.86. The SMILES string of the molecule is Cc1cc(N)ncc1-c1ccc(Oc2ccccc2)cc1. The highest BCUT2D eigenvalue weighted by Gasteiger charge is 2.04. The number of pyridine rings is 1. The van der Waals surface area contributed by atoms with Gasteiger partial charge in [-0.3, -0.25) is 0 Å². The molecule has 1 heterocycles. The van der Waals surface area contributed by atoms with E-state index in [4.69, 9.17) is 10.5 Å². The van der Waals surface area contributed by atoms with Gasteiger partial charge in [0.1, 0.15) is 17.3 Å². The fourth-order valence-electron chi connectivity index (χ4n) is 2.21. The molecule has 0 aliphatic heterocycles. The second kappa shape index (κ2) is 5.67. The number of nitrogens with zero attached hydrogens (tertiary/aromatic N) is 1. The van der Waals surface area contributed by atoms with Crippen molar-refractivity contribution in [2.24, 2.45) is 0 Å². The molecule has 104 valence electrons. The predicted octanol–water partition coefficient (Wildman–Crippen LogP) is 4.43. The first-order valence-corrected chi connectivity index (χ1v) is 6.78. The molecule has 3 heteroatoms. The fourth-order valence-corrected chi connectivity index (χ4v) is 2.21. The van der Waals surface area contributed by atoms with Crippen LogP contribution < -0.4 is 10.5 Å². The fraction of sp³-hybridized carbons (Fsp3) is 0.0556. The Morgan fingerprint density at radius 3 is 2.24 bits per heavy atom. The number of para-hydroxylation sites is 1. The third-order valence-corrected chi connectivity index (χ3v) is 3.28. The molecule has 0 saturated carbocycles. The Morgan fingerprint density at radius 2 is 1.57 bits per heavy atom. The van der Waals surface area contributed by atoms with Gasteiger partial charge in [-0.15, -0.1) is 0 Å². The van der Waals surface area contributed by atoms with Gasteiger partial charge >= 0.3 is 0 Å². The van der Waals surface area contributed by atoms with E-state index in [0.29, 0.717) is 5.82 Å². The maximum absolute atomic E-state index is 5.78. The average Bonchev–Trinajstić information content (AvgIpc) is 2.49. The van der Waals surface area contributed by atoms with Crippen molar-refractivity contribution in [3.63, 3.8) is 0 Å². The summed E-state index contributed by atoms with van der Waals surface area (Å²) in [5.41, 5.74) is 8.97. The van der Waals surface area contributed by atoms with Crippen LogP contribution in [0.2, 0.25) is 0 Å². The number of anilines is 1. The van der Waals surface area contributed by atoms with E-state index in [1.807, 2.05) is 67.6 Å². The summed E-state index contributed by atoms with van der Waals surface area (Å²) in [7, 11) is 0. The summed E-state index contributed by atoms with van der Waals surface area (Å²) in [5, 5.41) is 0. The van der Waals surface area contributed by atoms with Crippen molar-refractivity contribution in [3.05, 3.63) is 72.4 Å². The molecule has 2 aromatic carbocycles. The standard InChI is InChI=1S/C18H16N2O/c1-13-11-18(19)20-12-17(13)14-7-9-16(10-8-14)21-15-5-3-2-4-6-15/h2-12H,1H3,(H2,19,20). The van der Waals surface area contributed by atoms with Crippen LogP contribution in [0.1, 0.15) is 5.56 Å². The molecule has 0 saturated heterocycles. The number of ether oxygens (including phenoxy) is 1. The van der Waals surface area contributed by atoms with E-state index in [0.717, 1.165) is 28.2 Å². The van der Waals surface area contributed by atoms with Crippen molar-refractivity contribution >= 4 is 5.82 Å². The largest absolute Gasteiger partial charge is 0.457 e. The molecule has 2 N–H and O–H groups in total. The zero-order valence-corrected chi connectivity index (χ0v) is 11.8. The number of aromatic nitrogens is 1. The van der Waals surface area contributed by atoms with Gasteiger partial charge in [0.05, 0.1) is 0 Å². The Kier molecular flexibility index (Phi) is 3.56. The number of nitrogen functional groups attached to an aromatic ring is 1. The van der Waals surface area contributed by atoms with Crippen LogP contribution in [0, 0.1) is 6.92 Å². The van der Waals surface area contributed by atoms with Gasteiger partial charge in [-0.25, -0.2) is 4.98 Å². The second-order valence-electron chi connectivity index (χ2n) is 4.86. The lowest BCUT2D eigenvalue weighted by atomic mass is 10.0. The first kappa shape index (κ1) is 13.2. The lowest BCUT2D eigenvalue weighted by molar-refractivity contribution is 0.483. The van der Waals surface area contributed by atoms with E-state index in [9.17, 15) is 0 Å². The van der Waals surface area contributed by atoms with Crippen molar-refractivity contribution < 1.29 is 4.74 Å². The van der Waals surface area contributed by atoms with Gasteiger partial charge in [0, 0.05) is 11.8 Å². The highest BCUT2D eigenvalue weighted by atomic mass is 16.5. The van der Waals surface area contributed by atoms with E-state index in [1.54, 1.807) is 6.20 Å². The molecular weight excluding hydrogens is 260 g/mol. The van der Waals surface area contributed by atoms with Gasteiger partial charge in [-0.05, 0) is 48.4 Å². The summed E-state index contributed by atoms with van der Waals surface area (Å²) < 4.78 is 5.78. The van der Waals surface area contributed by atoms with Gasteiger partial charge in [-0.2, -0.15) is 0 Å². The molecule has 0 aliphatic carbocycles. The molecule has 0 unspecified atom stereocenters. The molecule has 0 radical (unpaired) electrons. The highest BCUT2D eigenvalue weighted by molar-refractivity contribution is 5.68. The van der Waals surface area contributed by atoms with Crippen LogP contribution in [0.4, 0.5) is 5.82 Å². The van der Waals surface area contributed by atoms with E-state index in [1.165, 1.54) is 0 Å². The quantitative estimate of drug-likeness (QED) is 0.769. The van der Waals surface area contributed by atoms with E-state index < -0.39 is 0 Å². The lowest BCUT2D eigenvalue weighted by Gasteiger charge is -2.09. The van der Waals surface area contributed by atoms with Crippen LogP contribution in [-0.4, -0.2) is 4.98 Å². The lowest BCUT2D eigenvalue weighted by Crippen LogP contribution is -1.92. The minimum Gasteiger partial charge on any atom is -0.457 e. The monoisotopic (exact) mass is 276 g/mol. The molecule has 0 atom stereocenters. The first-order valence-electron chi connectivity index (χ1n) is 6.78. The zero-order valence-electron chi connectivity index (χ0n) is 11.8. The number of rotatable bonds is 3. The molecule has 0 aliphatic rings. The predicted molar refractivity (Wildman–Crippen MR) is 85.3 cm³/mol. The third kappa shape index (κ3) is 3.03. The van der Waals surface area contributed by atoms with Crippen molar-refractivity contribution in [2.45, 2.75) is 6.92 Å². The maximum Gasteiger partial charge on any atom is 0.127 e. The van der Waals surface area contributed by atoms with Crippen LogP contribution in [0.3, 0.4) is 0 Å². The molecule has 1 aromatic heterocycles. The number of benzene rings is 2. The Morgan fingerprint density at radius 1 is 0.905 bits per heavy atom. The van der Waals surface area contributed by atoms with Crippen molar-refractivity contribution in [1.82, 2.24) is 4.98 Å². The van der Waals surface area contributed by atoms with Crippen LogP contribution in [0.25, 0.3) is 11.1 Å². The molecule has 3 aromatic rings. The van der Waals surface area contributed by atoms with Gasteiger partial charge in [0.15, 0.2) is 0 Å². The topological polar surface area (TPSA) is 48.1 Å². The van der Waals surface area contributed by atoms with Gasteiger partial charge < -0.3 is 10.5 Å². The summed E-state index contributed by atoms with van der Waals surface area (Å²) in [6, 6.07) is 19.6. The molecule has 21 heavy (non-hydrogen) atoms. The summed E-state index contributed by atoms with van der Waals surface area (Å²) in [5.74, 6) is 2.18. The Labute approximate surface area is 124 Å². The molecular formula is C18H16N2O. The smallest absolute Gasteiger partial charge is 0.127 e. The minimum atomic E-state index is 0.542. The Bertz CT molecular complexity index is 737. The van der Waals surface area contributed by atoms with Gasteiger partial charge in [0.2, 0.25) is 0 Å². The van der Waals surface area contributed by atoms with Crippen LogP contribution in [-0.2, 0) is 0 Å². The van der Waals surface area contributed by atoms with Crippen molar-refractivity contribution in [3.8, 4) is 22.6 Å². The van der Waals surface area contributed by atoms with Crippen LogP contribution in [0.5, 0.6) is 11.5 Å². The van der Waals surface area contributed by atoms with E-state index >= 15 is 0 Å². The summed E-state index contributed by atoms with van der Waals surface area (Å²) in [4.78, 5) is 4.15. The van der Waals surface area contributed by atoms with Crippen molar-refractivity contribution in [1.29, 1.82) is 0 Å². The molecule has 0 spiro atoms. The average molecular weight is 276 g/mol. The number of hydrogen-bond acceptors (Lipinski definition) is 3. The van der Waals surface area contributed by atoms with Crippen molar-refractivity contribution in [2.75, 3.05) is 5.73 Å². The van der Waals surface area contributed by atoms with E-state index in [2.05, 4.69) is 4.98 Å².